The third kappa shape index (κ3) is 3.91. The first kappa shape index (κ1) is 19.3. The summed E-state index contributed by atoms with van der Waals surface area (Å²) in [5, 5.41) is 10.8. The van der Waals surface area contributed by atoms with Crippen molar-refractivity contribution >= 4 is 22.5 Å². The third-order valence-electron chi connectivity index (χ3n) is 5.63. The number of carboxylic acids is 1. The molecular weight excluding hydrogens is 360 g/mol. The quantitative estimate of drug-likeness (QED) is 0.498. The highest BCUT2D eigenvalue weighted by molar-refractivity contribution is 5.95. The fourth-order valence-corrected chi connectivity index (χ4v) is 4.25. The van der Waals surface area contributed by atoms with Crippen molar-refractivity contribution in [3.63, 3.8) is 0 Å². The van der Waals surface area contributed by atoms with Gasteiger partial charge in [0.2, 0.25) is 0 Å². The van der Waals surface area contributed by atoms with E-state index in [9.17, 15) is 9.90 Å². The van der Waals surface area contributed by atoms with Crippen LogP contribution in [-0.2, 0) is 4.79 Å². The Morgan fingerprint density at radius 2 is 1.72 bits per heavy atom. The van der Waals surface area contributed by atoms with Crippen molar-refractivity contribution < 1.29 is 14.3 Å². The highest BCUT2D eigenvalue weighted by Gasteiger charge is 2.26. The van der Waals surface area contributed by atoms with Crippen molar-refractivity contribution in [1.29, 1.82) is 0 Å². The molecule has 148 valence electrons. The van der Waals surface area contributed by atoms with Gasteiger partial charge in [-0.25, -0.2) is 4.79 Å². The Morgan fingerprint density at radius 1 is 1.03 bits per heavy atom. The summed E-state index contributed by atoms with van der Waals surface area (Å²) < 4.78 is 5.95. The minimum atomic E-state index is -0.805. The third-order valence-corrected chi connectivity index (χ3v) is 5.63. The number of hydrogen-bond donors (Lipinski definition) is 1. The molecule has 0 spiro atoms. The lowest BCUT2D eigenvalue weighted by molar-refractivity contribution is -0.132. The van der Waals surface area contributed by atoms with E-state index in [2.05, 4.69) is 45.0 Å². The minimum Gasteiger partial charge on any atom is -0.478 e. The molecule has 1 atom stereocenters. The largest absolute Gasteiger partial charge is 0.478 e. The van der Waals surface area contributed by atoms with E-state index in [0.717, 1.165) is 45.4 Å². The van der Waals surface area contributed by atoms with Crippen molar-refractivity contribution in [2.45, 2.75) is 33.6 Å². The summed E-state index contributed by atoms with van der Waals surface area (Å²) in [7, 11) is 0. The summed E-state index contributed by atoms with van der Waals surface area (Å²) in [6, 6.07) is 18.2. The number of aliphatic carboxylic acids is 1. The zero-order valence-corrected chi connectivity index (χ0v) is 17.1. The first-order valence-corrected chi connectivity index (χ1v) is 10.2. The molecule has 1 aromatic heterocycles. The fraction of sp³-hybridized carbons (Fsp3) is 0.269. The predicted octanol–water partition coefficient (Wildman–Crippen LogP) is 6.95. The molecule has 3 heteroatoms. The Hall–Kier alpha value is -3.07. The first-order valence-electron chi connectivity index (χ1n) is 10.2. The maximum atomic E-state index is 11.8. The molecule has 0 aliphatic heterocycles. The molecule has 4 rings (SSSR count). The van der Waals surface area contributed by atoms with Crippen LogP contribution in [0.5, 0.6) is 0 Å². The molecule has 2 aromatic carbocycles. The van der Waals surface area contributed by atoms with E-state index in [0.29, 0.717) is 17.9 Å². The van der Waals surface area contributed by atoms with Crippen LogP contribution >= 0.6 is 0 Å². The van der Waals surface area contributed by atoms with Crippen molar-refractivity contribution in [3.8, 4) is 11.3 Å². The zero-order chi connectivity index (χ0) is 20.5. The molecular formula is C26H26O3. The summed E-state index contributed by atoms with van der Waals surface area (Å²) in [6.07, 6.45) is 3.56. The molecule has 1 aliphatic rings. The van der Waals surface area contributed by atoms with E-state index in [1.54, 1.807) is 0 Å². The van der Waals surface area contributed by atoms with Gasteiger partial charge in [0.15, 0.2) is 0 Å². The van der Waals surface area contributed by atoms with Crippen molar-refractivity contribution in [2.24, 2.45) is 11.8 Å². The molecule has 0 radical (unpaired) electrons. The lowest BCUT2D eigenvalue weighted by Gasteiger charge is -2.15. The average Bonchev–Trinajstić information content (AvgIpc) is 3.32. The lowest BCUT2D eigenvalue weighted by Crippen LogP contribution is -2.08. The summed E-state index contributed by atoms with van der Waals surface area (Å²) in [5.74, 6) is 0.816. The Bertz CT molecular complexity index is 1080. The molecule has 0 bridgehead atoms. The second kappa shape index (κ2) is 7.75. The molecule has 29 heavy (non-hydrogen) atoms. The van der Waals surface area contributed by atoms with Crippen molar-refractivity contribution in [2.75, 3.05) is 0 Å². The molecule has 1 N–H and O–H groups in total. The highest BCUT2D eigenvalue weighted by Crippen LogP contribution is 2.38. The Kier molecular flexibility index (Phi) is 5.14. The van der Waals surface area contributed by atoms with E-state index < -0.39 is 5.97 Å². The van der Waals surface area contributed by atoms with Crippen LogP contribution in [0, 0.1) is 11.8 Å². The Labute approximate surface area is 171 Å². The molecule has 1 unspecified atom stereocenters. The number of carbonyl (C=O) groups is 1. The van der Waals surface area contributed by atoms with Crippen LogP contribution in [0.25, 0.3) is 27.9 Å². The van der Waals surface area contributed by atoms with Gasteiger partial charge in [-0.1, -0.05) is 69.3 Å². The van der Waals surface area contributed by atoms with Gasteiger partial charge in [0, 0.05) is 22.9 Å². The van der Waals surface area contributed by atoms with Gasteiger partial charge in [-0.05, 0) is 47.1 Å². The zero-order valence-electron chi connectivity index (χ0n) is 17.1. The van der Waals surface area contributed by atoms with Crippen molar-refractivity contribution in [3.05, 3.63) is 77.4 Å². The molecule has 1 aliphatic carbocycles. The van der Waals surface area contributed by atoms with E-state index in [1.165, 1.54) is 0 Å². The van der Waals surface area contributed by atoms with E-state index in [1.807, 2.05) is 36.4 Å². The number of hydrogen-bond acceptors (Lipinski definition) is 2. The lowest BCUT2D eigenvalue weighted by atomic mass is 9.90. The molecule has 0 saturated carbocycles. The van der Waals surface area contributed by atoms with Gasteiger partial charge in [-0.2, -0.15) is 0 Å². The smallest absolute Gasteiger partial charge is 0.332 e. The highest BCUT2D eigenvalue weighted by atomic mass is 16.4. The van der Waals surface area contributed by atoms with Crippen LogP contribution in [0.4, 0.5) is 0 Å². The maximum absolute atomic E-state index is 11.8. The molecule has 3 nitrogen and oxygen atoms in total. The summed E-state index contributed by atoms with van der Waals surface area (Å²) in [4.78, 5) is 11.8. The predicted molar refractivity (Wildman–Crippen MR) is 118 cm³/mol. The Morgan fingerprint density at radius 3 is 2.38 bits per heavy atom. The normalized spacial score (nSPS) is 15.2. The van der Waals surface area contributed by atoms with Gasteiger partial charge in [0.25, 0.3) is 0 Å². The number of fused-ring (bicyclic) bond motifs is 1. The van der Waals surface area contributed by atoms with Gasteiger partial charge < -0.3 is 9.52 Å². The van der Waals surface area contributed by atoms with Crippen molar-refractivity contribution in [1.82, 2.24) is 0 Å². The van der Waals surface area contributed by atoms with E-state index >= 15 is 0 Å². The summed E-state index contributed by atoms with van der Waals surface area (Å²) in [5.41, 5.74) is 5.55. The number of furan rings is 1. The van der Waals surface area contributed by atoms with Gasteiger partial charge in [0.1, 0.15) is 11.3 Å². The number of allylic oxidation sites excluding steroid dienone is 3. The van der Waals surface area contributed by atoms with Crippen LogP contribution in [0.3, 0.4) is 0 Å². The second-order valence-electron chi connectivity index (χ2n) is 8.34. The Balaban J connectivity index is 1.60. The van der Waals surface area contributed by atoms with Gasteiger partial charge in [-0.15, -0.1) is 0 Å². The monoisotopic (exact) mass is 386 g/mol. The minimum absolute atomic E-state index is 0.244. The van der Waals surface area contributed by atoms with E-state index in [-0.39, 0.29) is 5.92 Å². The molecule has 0 fully saturated rings. The molecule has 0 saturated heterocycles. The van der Waals surface area contributed by atoms with Crippen LogP contribution in [-0.4, -0.2) is 11.1 Å². The molecule has 0 amide bonds. The van der Waals surface area contributed by atoms with Crippen LogP contribution in [0.1, 0.15) is 39.2 Å². The standard InChI is InChI=1S/C26H26O3/c1-16(2)12-17(3)22-13-21(14-23(22)26(27)28)18-8-10-19(11-9-18)25-15-20-6-4-5-7-24(20)29-25/h4-11,13,15-17H,12,14H2,1-3H3,(H,27,28). The summed E-state index contributed by atoms with van der Waals surface area (Å²) >= 11 is 0. The number of para-hydroxylation sites is 1. The van der Waals surface area contributed by atoms with Crippen LogP contribution < -0.4 is 0 Å². The van der Waals surface area contributed by atoms with Crippen LogP contribution in [0.15, 0.2) is 76.2 Å². The fourth-order valence-electron chi connectivity index (χ4n) is 4.25. The topological polar surface area (TPSA) is 50.4 Å². The van der Waals surface area contributed by atoms with E-state index in [4.69, 9.17) is 4.42 Å². The van der Waals surface area contributed by atoms with Gasteiger partial charge in [-0.3, -0.25) is 0 Å². The average molecular weight is 386 g/mol. The SMILES string of the molecule is CC(C)CC(C)C1=C(C(=O)O)CC(c2ccc(-c3cc4ccccc4o3)cc2)=C1. The first-order chi connectivity index (χ1) is 13.9. The maximum Gasteiger partial charge on any atom is 0.332 e. The second-order valence-corrected chi connectivity index (χ2v) is 8.34. The van der Waals surface area contributed by atoms with Gasteiger partial charge in [0.05, 0.1) is 0 Å². The molecule has 3 aromatic rings. The van der Waals surface area contributed by atoms with Gasteiger partial charge >= 0.3 is 5.97 Å². The number of rotatable bonds is 6. The molecule has 1 heterocycles. The number of carboxylic acid groups (broad SMARTS) is 1. The van der Waals surface area contributed by atoms with Crippen LogP contribution in [0.2, 0.25) is 0 Å². The number of benzene rings is 2. The summed E-state index contributed by atoms with van der Waals surface area (Å²) in [6.45, 7) is 6.48.